The molecule has 0 aromatic heterocycles. The second kappa shape index (κ2) is 6.75. The highest BCUT2D eigenvalue weighted by Gasteiger charge is 2.28. The zero-order valence-corrected chi connectivity index (χ0v) is 12.0. The number of nitrogens with one attached hydrogen (secondary N) is 1. The van der Waals surface area contributed by atoms with Crippen molar-refractivity contribution in [1.82, 2.24) is 5.32 Å². The highest BCUT2D eigenvalue weighted by Crippen LogP contribution is 2.31. The summed E-state index contributed by atoms with van der Waals surface area (Å²) < 4.78 is 5.16. The molecule has 0 unspecified atom stereocenters. The third-order valence-electron chi connectivity index (χ3n) is 3.93. The van der Waals surface area contributed by atoms with Crippen LogP contribution in [0.25, 0.3) is 0 Å². The quantitative estimate of drug-likeness (QED) is 0.889. The van der Waals surface area contributed by atoms with Gasteiger partial charge in [-0.25, -0.2) is 4.79 Å². The second-order valence-corrected chi connectivity index (χ2v) is 5.88. The van der Waals surface area contributed by atoms with Crippen LogP contribution in [0.3, 0.4) is 0 Å². The van der Waals surface area contributed by atoms with Crippen molar-refractivity contribution in [2.24, 2.45) is 5.92 Å². The van der Waals surface area contributed by atoms with Crippen molar-refractivity contribution in [2.75, 3.05) is 6.54 Å². The SMILES string of the molecule is CC1(O)CCC(CNC(=O)OCc2ccccc2)CC1. The molecule has 1 aliphatic rings. The molecule has 0 radical (unpaired) electrons. The Morgan fingerprint density at radius 1 is 1.35 bits per heavy atom. The lowest BCUT2D eigenvalue weighted by atomic mass is 9.80. The first-order chi connectivity index (χ1) is 9.55. The molecule has 0 bridgehead atoms. The Bertz CT molecular complexity index is 421. The smallest absolute Gasteiger partial charge is 0.407 e. The molecule has 1 fully saturated rings. The van der Waals surface area contributed by atoms with Gasteiger partial charge in [0.05, 0.1) is 5.60 Å². The van der Waals surface area contributed by atoms with Crippen LogP contribution in [0.1, 0.15) is 38.2 Å². The van der Waals surface area contributed by atoms with Gasteiger partial charge in [-0.2, -0.15) is 0 Å². The van der Waals surface area contributed by atoms with E-state index in [-0.39, 0.29) is 6.09 Å². The maximum absolute atomic E-state index is 11.6. The van der Waals surface area contributed by atoms with Gasteiger partial charge in [0.25, 0.3) is 0 Å². The van der Waals surface area contributed by atoms with Gasteiger partial charge >= 0.3 is 6.09 Å². The Labute approximate surface area is 120 Å². The van der Waals surface area contributed by atoms with Crippen molar-refractivity contribution in [3.05, 3.63) is 35.9 Å². The van der Waals surface area contributed by atoms with Gasteiger partial charge in [-0.1, -0.05) is 30.3 Å². The van der Waals surface area contributed by atoms with Crippen LogP contribution in [0.2, 0.25) is 0 Å². The maximum Gasteiger partial charge on any atom is 0.407 e. The predicted molar refractivity (Wildman–Crippen MR) is 77.2 cm³/mol. The first-order valence-electron chi connectivity index (χ1n) is 7.22. The first-order valence-corrected chi connectivity index (χ1v) is 7.22. The number of benzene rings is 1. The van der Waals surface area contributed by atoms with E-state index in [0.717, 1.165) is 31.2 Å². The van der Waals surface area contributed by atoms with Gasteiger partial charge in [0.1, 0.15) is 6.61 Å². The average Bonchev–Trinajstić information content (AvgIpc) is 2.45. The minimum atomic E-state index is -0.523. The van der Waals surface area contributed by atoms with Crippen LogP contribution in [0.15, 0.2) is 30.3 Å². The van der Waals surface area contributed by atoms with Gasteiger partial charge in [-0.15, -0.1) is 0 Å². The number of carbonyl (C=O) groups is 1. The summed E-state index contributed by atoms with van der Waals surface area (Å²) in [4.78, 5) is 11.6. The number of hydrogen-bond donors (Lipinski definition) is 2. The van der Waals surface area contributed by atoms with Crippen molar-refractivity contribution in [3.63, 3.8) is 0 Å². The van der Waals surface area contributed by atoms with Crippen molar-refractivity contribution in [2.45, 2.75) is 44.8 Å². The topological polar surface area (TPSA) is 58.6 Å². The molecular weight excluding hydrogens is 254 g/mol. The normalized spacial score (nSPS) is 26.0. The summed E-state index contributed by atoms with van der Waals surface area (Å²) in [5.74, 6) is 0.444. The van der Waals surface area contributed by atoms with Crippen LogP contribution in [-0.4, -0.2) is 23.3 Å². The second-order valence-electron chi connectivity index (χ2n) is 5.88. The largest absolute Gasteiger partial charge is 0.445 e. The van der Waals surface area contributed by atoms with E-state index in [1.807, 2.05) is 37.3 Å². The van der Waals surface area contributed by atoms with E-state index in [4.69, 9.17) is 4.74 Å². The van der Waals surface area contributed by atoms with E-state index in [2.05, 4.69) is 5.32 Å². The van der Waals surface area contributed by atoms with E-state index in [1.54, 1.807) is 0 Å². The number of hydrogen-bond acceptors (Lipinski definition) is 3. The predicted octanol–water partition coefficient (Wildman–Crippen LogP) is 2.85. The molecule has 0 spiro atoms. The van der Waals surface area contributed by atoms with Crippen LogP contribution in [0, 0.1) is 5.92 Å². The standard InChI is InChI=1S/C16H23NO3/c1-16(19)9-7-13(8-10-16)11-17-15(18)20-12-14-5-3-2-4-6-14/h2-6,13,19H,7-12H2,1H3,(H,17,18). The number of carbonyl (C=O) groups excluding carboxylic acids is 1. The van der Waals surface area contributed by atoms with Gasteiger partial charge < -0.3 is 15.2 Å². The fraction of sp³-hybridized carbons (Fsp3) is 0.562. The molecule has 2 rings (SSSR count). The highest BCUT2D eigenvalue weighted by molar-refractivity contribution is 5.67. The number of amides is 1. The lowest BCUT2D eigenvalue weighted by Gasteiger charge is -2.32. The van der Waals surface area contributed by atoms with Gasteiger partial charge in [0, 0.05) is 6.54 Å². The molecule has 1 aliphatic carbocycles. The summed E-state index contributed by atoms with van der Waals surface area (Å²) in [7, 11) is 0. The molecule has 4 nitrogen and oxygen atoms in total. The van der Waals surface area contributed by atoms with E-state index in [1.165, 1.54) is 0 Å². The van der Waals surface area contributed by atoms with Crippen LogP contribution in [0.4, 0.5) is 4.79 Å². The fourth-order valence-corrected chi connectivity index (χ4v) is 2.51. The molecule has 0 aliphatic heterocycles. The van der Waals surface area contributed by atoms with Crippen molar-refractivity contribution in [1.29, 1.82) is 0 Å². The Hall–Kier alpha value is -1.55. The summed E-state index contributed by atoms with van der Waals surface area (Å²) >= 11 is 0. The Morgan fingerprint density at radius 3 is 2.65 bits per heavy atom. The van der Waals surface area contributed by atoms with Gasteiger partial charge in [-0.05, 0) is 44.1 Å². The number of aliphatic hydroxyl groups is 1. The van der Waals surface area contributed by atoms with E-state index in [0.29, 0.717) is 19.1 Å². The van der Waals surface area contributed by atoms with Crippen molar-refractivity contribution >= 4 is 6.09 Å². The number of ether oxygens (including phenoxy) is 1. The molecule has 0 atom stereocenters. The molecule has 2 N–H and O–H groups in total. The lowest BCUT2D eigenvalue weighted by molar-refractivity contribution is 0.00820. The number of alkyl carbamates (subject to hydrolysis) is 1. The Balaban J connectivity index is 1.63. The van der Waals surface area contributed by atoms with Gasteiger partial charge in [-0.3, -0.25) is 0 Å². The minimum absolute atomic E-state index is 0.298. The molecule has 20 heavy (non-hydrogen) atoms. The molecule has 0 saturated heterocycles. The average molecular weight is 277 g/mol. The fourth-order valence-electron chi connectivity index (χ4n) is 2.51. The summed E-state index contributed by atoms with van der Waals surface area (Å²) in [6.45, 7) is 2.81. The summed E-state index contributed by atoms with van der Waals surface area (Å²) in [5, 5.41) is 12.7. The van der Waals surface area contributed by atoms with Crippen LogP contribution < -0.4 is 5.32 Å². The van der Waals surface area contributed by atoms with Crippen molar-refractivity contribution in [3.8, 4) is 0 Å². The monoisotopic (exact) mass is 277 g/mol. The summed E-state index contributed by atoms with van der Waals surface area (Å²) in [5.41, 5.74) is 0.459. The maximum atomic E-state index is 11.6. The zero-order valence-electron chi connectivity index (χ0n) is 12.0. The van der Waals surface area contributed by atoms with Crippen molar-refractivity contribution < 1.29 is 14.6 Å². The first kappa shape index (κ1) is 14.9. The molecular formula is C16H23NO3. The molecule has 1 amide bonds. The van der Waals surface area contributed by atoms with E-state index < -0.39 is 5.60 Å². The zero-order chi connectivity index (χ0) is 14.4. The summed E-state index contributed by atoms with van der Waals surface area (Å²) in [6, 6.07) is 9.63. The van der Waals surface area contributed by atoms with Crippen LogP contribution >= 0.6 is 0 Å². The van der Waals surface area contributed by atoms with E-state index in [9.17, 15) is 9.90 Å². The Kier molecular flexibility index (Phi) is 5.01. The molecule has 1 saturated carbocycles. The number of rotatable bonds is 4. The molecule has 1 aromatic rings. The molecule has 110 valence electrons. The van der Waals surface area contributed by atoms with Gasteiger partial charge in [0.2, 0.25) is 0 Å². The molecule has 0 heterocycles. The van der Waals surface area contributed by atoms with Crippen LogP contribution in [0.5, 0.6) is 0 Å². The lowest BCUT2D eigenvalue weighted by Crippen LogP contribution is -2.36. The van der Waals surface area contributed by atoms with E-state index >= 15 is 0 Å². The summed E-state index contributed by atoms with van der Waals surface area (Å²) in [6.07, 6.45) is 3.14. The molecule has 1 aromatic carbocycles. The molecule has 4 heteroatoms. The van der Waals surface area contributed by atoms with Gasteiger partial charge in [0.15, 0.2) is 0 Å². The minimum Gasteiger partial charge on any atom is -0.445 e. The third kappa shape index (κ3) is 4.85. The highest BCUT2D eigenvalue weighted by atomic mass is 16.5. The van der Waals surface area contributed by atoms with Crippen LogP contribution in [-0.2, 0) is 11.3 Å². The Morgan fingerprint density at radius 2 is 2.00 bits per heavy atom. The third-order valence-corrected chi connectivity index (χ3v) is 3.93.